The third-order valence-electron chi connectivity index (χ3n) is 4.98. The fourth-order valence-electron chi connectivity index (χ4n) is 3.57. The van der Waals surface area contributed by atoms with Gasteiger partial charge in [0.15, 0.2) is 0 Å². The summed E-state index contributed by atoms with van der Waals surface area (Å²) in [6.45, 7) is 3.25. The lowest BCUT2D eigenvalue weighted by Crippen LogP contribution is -2.33. The molecule has 0 saturated carbocycles. The number of ether oxygens (including phenoxy) is 1. The maximum atomic E-state index is 13.1. The third kappa shape index (κ3) is 3.06. The minimum atomic E-state index is -0.313. The highest BCUT2D eigenvalue weighted by atomic mass is 32.1. The lowest BCUT2D eigenvalue weighted by atomic mass is 10.00. The molecule has 8 heteroatoms. The monoisotopic (exact) mass is 384 g/mol. The van der Waals surface area contributed by atoms with Gasteiger partial charge in [-0.1, -0.05) is 6.07 Å². The van der Waals surface area contributed by atoms with Gasteiger partial charge in [0, 0.05) is 18.5 Å². The fourth-order valence-corrected chi connectivity index (χ4v) is 4.44. The molecule has 1 aliphatic heterocycles. The number of aromatic nitrogens is 2. The highest BCUT2D eigenvalue weighted by molar-refractivity contribution is 7.17. The van der Waals surface area contributed by atoms with Gasteiger partial charge in [0.2, 0.25) is 5.95 Å². The molecule has 0 bridgehead atoms. The largest absolute Gasteiger partial charge is 0.496 e. The van der Waals surface area contributed by atoms with Crippen LogP contribution in [-0.2, 0) is 12.8 Å². The molecule has 27 heavy (non-hydrogen) atoms. The van der Waals surface area contributed by atoms with Crippen molar-refractivity contribution in [3.8, 4) is 5.75 Å². The van der Waals surface area contributed by atoms with Crippen molar-refractivity contribution in [1.29, 1.82) is 0 Å². The van der Waals surface area contributed by atoms with E-state index in [4.69, 9.17) is 10.5 Å². The van der Waals surface area contributed by atoms with Gasteiger partial charge in [-0.15, -0.1) is 11.3 Å². The zero-order chi connectivity index (χ0) is 19.1. The maximum absolute atomic E-state index is 13.1. The van der Waals surface area contributed by atoms with Gasteiger partial charge in [-0.05, 0) is 42.5 Å². The van der Waals surface area contributed by atoms with Crippen molar-refractivity contribution in [1.82, 2.24) is 14.9 Å². The van der Waals surface area contributed by atoms with E-state index in [1.165, 1.54) is 22.5 Å². The highest BCUT2D eigenvalue weighted by Crippen LogP contribution is 2.27. The van der Waals surface area contributed by atoms with E-state index in [1.54, 1.807) is 12.5 Å². The van der Waals surface area contributed by atoms with Gasteiger partial charge in [0.1, 0.15) is 16.0 Å². The molecule has 1 aromatic carbocycles. The van der Waals surface area contributed by atoms with Gasteiger partial charge in [-0.2, -0.15) is 0 Å². The zero-order valence-electron chi connectivity index (χ0n) is 15.2. The molecule has 3 heterocycles. The van der Waals surface area contributed by atoms with Crippen molar-refractivity contribution >= 4 is 33.4 Å². The van der Waals surface area contributed by atoms with Crippen LogP contribution in [0.15, 0.2) is 22.3 Å². The van der Waals surface area contributed by atoms with Crippen LogP contribution in [0.1, 0.15) is 27.0 Å². The number of nitrogens with one attached hydrogen (secondary N) is 1. The van der Waals surface area contributed by atoms with Gasteiger partial charge in [-0.25, -0.2) is 4.98 Å². The van der Waals surface area contributed by atoms with E-state index in [9.17, 15) is 9.59 Å². The lowest BCUT2D eigenvalue weighted by Gasteiger charge is -2.19. The van der Waals surface area contributed by atoms with Crippen LogP contribution in [-0.4, -0.2) is 41.0 Å². The summed E-state index contributed by atoms with van der Waals surface area (Å²) in [6.07, 6.45) is 1.54. The fraction of sp³-hybridized carbons (Fsp3) is 0.316. The summed E-state index contributed by atoms with van der Waals surface area (Å²) in [5.74, 6) is 0.775. The number of hydrogen-bond donors (Lipinski definition) is 2. The summed E-state index contributed by atoms with van der Waals surface area (Å²) in [5, 5.41) is 1.69. The number of rotatable bonds is 2. The Labute approximate surface area is 159 Å². The Balaban J connectivity index is 1.64. The molecule has 0 aliphatic carbocycles. The molecule has 0 spiro atoms. The first-order chi connectivity index (χ1) is 13.0. The third-order valence-corrected chi connectivity index (χ3v) is 5.95. The van der Waals surface area contributed by atoms with Crippen molar-refractivity contribution < 1.29 is 9.53 Å². The molecule has 2 aromatic heterocycles. The standard InChI is InChI=1S/C19H20N4O3S/c1-10-7-11-3-5-23(6-4-12(11)8-14(10)26-2)18(25)13-9-27-16-15(13)21-19(20)22-17(16)24/h7-9H,3-6H2,1-2H3,(H3,20,21,22,24). The van der Waals surface area contributed by atoms with Crippen LogP contribution in [0.4, 0.5) is 5.95 Å². The zero-order valence-corrected chi connectivity index (χ0v) is 16.0. The first-order valence-corrected chi connectivity index (χ1v) is 9.58. The van der Waals surface area contributed by atoms with Crippen molar-refractivity contribution in [3.63, 3.8) is 0 Å². The van der Waals surface area contributed by atoms with Crippen LogP contribution in [0.5, 0.6) is 5.75 Å². The minimum Gasteiger partial charge on any atom is -0.496 e. The van der Waals surface area contributed by atoms with Crippen molar-refractivity contribution in [3.05, 3.63) is 50.1 Å². The molecule has 0 atom stereocenters. The second-order valence-electron chi connectivity index (χ2n) is 6.66. The average Bonchev–Trinajstić information content (AvgIpc) is 2.95. The Hall–Kier alpha value is -2.87. The van der Waals surface area contributed by atoms with Crippen LogP contribution in [0.25, 0.3) is 10.2 Å². The van der Waals surface area contributed by atoms with Crippen LogP contribution >= 0.6 is 11.3 Å². The molecule has 1 amide bonds. The predicted octanol–water partition coefficient (Wildman–Crippen LogP) is 2.12. The second kappa shape index (κ2) is 6.70. The first-order valence-electron chi connectivity index (χ1n) is 8.70. The lowest BCUT2D eigenvalue weighted by molar-refractivity contribution is 0.0765. The average molecular weight is 384 g/mol. The van der Waals surface area contributed by atoms with Crippen molar-refractivity contribution in [2.45, 2.75) is 19.8 Å². The summed E-state index contributed by atoms with van der Waals surface area (Å²) in [5.41, 5.74) is 9.72. The van der Waals surface area contributed by atoms with Crippen molar-refractivity contribution in [2.75, 3.05) is 25.9 Å². The number of hydrogen-bond acceptors (Lipinski definition) is 6. The van der Waals surface area contributed by atoms with Gasteiger partial charge in [0.05, 0.1) is 12.7 Å². The van der Waals surface area contributed by atoms with Crippen LogP contribution < -0.4 is 16.0 Å². The highest BCUT2D eigenvalue weighted by Gasteiger charge is 2.24. The molecule has 0 saturated heterocycles. The number of thiophene rings is 1. The number of nitrogens with two attached hydrogens (primary N) is 1. The van der Waals surface area contributed by atoms with E-state index in [2.05, 4.69) is 22.1 Å². The molecule has 0 fully saturated rings. The number of aromatic amines is 1. The molecule has 7 nitrogen and oxygen atoms in total. The van der Waals surface area contributed by atoms with E-state index >= 15 is 0 Å². The number of methoxy groups -OCH3 is 1. The molecule has 1 aliphatic rings. The predicted molar refractivity (Wildman–Crippen MR) is 106 cm³/mol. The number of carbonyl (C=O) groups excluding carboxylic acids is 1. The van der Waals surface area contributed by atoms with E-state index in [-0.39, 0.29) is 17.4 Å². The number of amides is 1. The molecule has 3 N–H and O–H groups in total. The van der Waals surface area contributed by atoms with Gasteiger partial charge in [0.25, 0.3) is 11.5 Å². The van der Waals surface area contributed by atoms with E-state index in [0.717, 1.165) is 24.2 Å². The SMILES string of the molecule is COc1cc2c(cc1C)CCN(C(=O)c1csc3c(=O)[nH]c(N)nc13)CC2. The quantitative estimate of drug-likeness (QED) is 0.705. The number of nitrogen functional groups attached to an aromatic ring is 1. The Morgan fingerprint density at radius 2 is 2.00 bits per heavy atom. The Kier molecular flexibility index (Phi) is 4.35. The number of nitrogens with zero attached hydrogens (tertiary/aromatic N) is 2. The first kappa shape index (κ1) is 17.5. The van der Waals surface area contributed by atoms with Crippen LogP contribution in [0.2, 0.25) is 0 Å². The number of fused-ring (bicyclic) bond motifs is 2. The molecule has 4 rings (SSSR count). The molecular formula is C19H20N4O3S. The van der Waals surface area contributed by atoms with E-state index < -0.39 is 0 Å². The summed E-state index contributed by atoms with van der Waals surface area (Å²) >= 11 is 1.22. The van der Waals surface area contributed by atoms with Crippen LogP contribution in [0, 0.1) is 6.92 Å². The summed E-state index contributed by atoms with van der Waals surface area (Å²) in [7, 11) is 1.67. The Bertz CT molecular complexity index is 1100. The molecule has 3 aromatic rings. The molecule has 140 valence electrons. The maximum Gasteiger partial charge on any atom is 0.270 e. The number of carbonyl (C=O) groups is 1. The Morgan fingerprint density at radius 1 is 1.30 bits per heavy atom. The second-order valence-corrected chi connectivity index (χ2v) is 7.54. The minimum absolute atomic E-state index is 0.0193. The van der Waals surface area contributed by atoms with Gasteiger partial charge < -0.3 is 15.4 Å². The van der Waals surface area contributed by atoms with Crippen LogP contribution in [0.3, 0.4) is 0 Å². The molecule has 0 unspecified atom stereocenters. The molecule has 0 radical (unpaired) electrons. The number of H-pyrrole nitrogens is 1. The van der Waals surface area contributed by atoms with Gasteiger partial charge >= 0.3 is 0 Å². The number of anilines is 1. The molecular weight excluding hydrogens is 364 g/mol. The number of benzene rings is 1. The smallest absolute Gasteiger partial charge is 0.270 e. The van der Waals surface area contributed by atoms with Crippen molar-refractivity contribution in [2.24, 2.45) is 0 Å². The van der Waals surface area contributed by atoms with Gasteiger partial charge in [-0.3, -0.25) is 14.6 Å². The van der Waals surface area contributed by atoms with E-state index in [0.29, 0.717) is 28.9 Å². The summed E-state index contributed by atoms with van der Waals surface area (Å²) < 4.78 is 5.85. The topological polar surface area (TPSA) is 101 Å². The van der Waals surface area contributed by atoms with E-state index in [1.807, 2.05) is 11.8 Å². The summed E-state index contributed by atoms with van der Waals surface area (Å²) in [6, 6.07) is 4.21. The summed E-state index contributed by atoms with van der Waals surface area (Å²) in [4.78, 5) is 33.6. The Morgan fingerprint density at radius 3 is 2.70 bits per heavy atom. The number of aryl methyl sites for hydroxylation is 1. The normalized spacial score (nSPS) is 14.1.